The lowest BCUT2D eigenvalue weighted by molar-refractivity contribution is 0.327. The van der Waals surface area contributed by atoms with Gasteiger partial charge in [-0.1, -0.05) is 23.7 Å². The molecule has 1 aliphatic rings. The summed E-state index contributed by atoms with van der Waals surface area (Å²) in [7, 11) is -3.17. The second-order valence-corrected chi connectivity index (χ2v) is 10.3. The van der Waals surface area contributed by atoms with E-state index < -0.39 is 10.8 Å². The third kappa shape index (κ3) is 4.13. The van der Waals surface area contributed by atoms with Crippen LogP contribution in [0.5, 0.6) is 5.75 Å². The van der Waals surface area contributed by atoms with E-state index in [-0.39, 0.29) is 10.6 Å². The van der Waals surface area contributed by atoms with Crippen molar-refractivity contribution < 1.29 is 14.2 Å². The van der Waals surface area contributed by atoms with E-state index in [9.17, 15) is 14.2 Å². The second kappa shape index (κ2) is 8.15. The molecule has 1 aliphatic heterocycles. The lowest BCUT2D eigenvalue weighted by atomic mass is 10.1. The fraction of sp³-hybridized carbons (Fsp3) is 0.294. The van der Waals surface area contributed by atoms with Crippen LogP contribution in [-0.2, 0) is 6.42 Å². The predicted molar refractivity (Wildman–Crippen MR) is 115 cm³/mol. The Morgan fingerprint density at radius 3 is 2.43 bits per heavy atom. The van der Waals surface area contributed by atoms with Gasteiger partial charge in [-0.15, -0.1) is 22.1 Å². The number of aromatic nitrogens is 2. The molecule has 0 aliphatic carbocycles. The van der Waals surface area contributed by atoms with Crippen molar-refractivity contribution in [2.75, 3.05) is 31.1 Å². The SMILES string of the molecule is Oc1cscc1S(O)(O)N1CCN(c2nc(Cc3ccc(Cl)cc3)ns2)CC1. The molecule has 3 N–H and O–H groups in total. The van der Waals surface area contributed by atoms with Crippen molar-refractivity contribution in [2.24, 2.45) is 0 Å². The highest BCUT2D eigenvalue weighted by atomic mass is 35.5. The van der Waals surface area contributed by atoms with E-state index in [2.05, 4.69) is 14.3 Å². The summed E-state index contributed by atoms with van der Waals surface area (Å²) in [6, 6.07) is 7.64. The quantitative estimate of drug-likeness (QED) is 0.521. The first-order valence-corrected chi connectivity index (χ1v) is 12.1. The van der Waals surface area contributed by atoms with Crippen molar-refractivity contribution in [3.05, 3.63) is 51.4 Å². The molecule has 1 aromatic carbocycles. The number of thiophene rings is 1. The van der Waals surface area contributed by atoms with Crippen LogP contribution < -0.4 is 4.90 Å². The smallest absolute Gasteiger partial charge is 0.205 e. The van der Waals surface area contributed by atoms with Crippen LogP contribution >= 0.6 is 45.2 Å². The van der Waals surface area contributed by atoms with Crippen LogP contribution in [-0.4, -0.2) is 54.1 Å². The van der Waals surface area contributed by atoms with E-state index in [0.29, 0.717) is 37.6 Å². The van der Waals surface area contributed by atoms with Gasteiger partial charge in [0.05, 0.1) is 0 Å². The average molecular weight is 459 g/mol. The third-order valence-electron chi connectivity index (χ3n) is 4.50. The normalized spacial score (nSPS) is 16.5. The second-order valence-electron chi connectivity index (χ2n) is 6.35. The van der Waals surface area contributed by atoms with Gasteiger partial charge >= 0.3 is 0 Å². The number of aromatic hydroxyl groups is 1. The highest BCUT2D eigenvalue weighted by Gasteiger charge is 2.32. The molecule has 150 valence electrons. The number of rotatable bonds is 5. The number of benzene rings is 1. The van der Waals surface area contributed by atoms with Crippen LogP contribution in [0.2, 0.25) is 5.02 Å². The number of piperazine rings is 1. The molecule has 3 aromatic rings. The first-order chi connectivity index (χ1) is 13.4. The van der Waals surface area contributed by atoms with Crippen LogP contribution in [0, 0.1) is 0 Å². The van der Waals surface area contributed by atoms with E-state index in [4.69, 9.17) is 11.6 Å². The predicted octanol–water partition coefficient (Wildman–Crippen LogP) is 4.40. The zero-order valence-electron chi connectivity index (χ0n) is 14.7. The topological polar surface area (TPSA) is 93.0 Å². The lowest BCUT2D eigenvalue weighted by Gasteiger charge is -2.46. The van der Waals surface area contributed by atoms with Crippen molar-refractivity contribution in [3.63, 3.8) is 0 Å². The van der Waals surface area contributed by atoms with E-state index >= 15 is 0 Å². The molecular formula is C17H19ClN4O3S3. The molecule has 0 unspecified atom stereocenters. The summed E-state index contributed by atoms with van der Waals surface area (Å²) in [6.45, 7) is 2.14. The molecule has 1 saturated heterocycles. The first kappa shape index (κ1) is 19.9. The molecule has 0 radical (unpaired) electrons. The molecule has 1 fully saturated rings. The molecule has 2 aromatic heterocycles. The summed E-state index contributed by atoms with van der Waals surface area (Å²) in [5.41, 5.74) is 1.10. The van der Waals surface area contributed by atoms with Gasteiger partial charge in [0.15, 0.2) is 5.75 Å². The van der Waals surface area contributed by atoms with Crippen LogP contribution in [0.25, 0.3) is 0 Å². The molecule has 11 heteroatoms. The Morgan fingerprint density at radius 1 is 1.07 bits per heavy atom. The number of anilines is 1. The Bertz CT molecular complexity index is 939. The van der Waals surface area contributed by atoms with E-state index in [0.717, 1.165) is 16.5 Å². The minimum absolute atomic E-state index is 0.0663. The van der Waals surface area contributed by atoms with Crippen molar-refractivity contribution in [1.82, 2.24) is 13.7 Å². The summed E-state index contributed by atoms with van der Waals surface area (Å²) in [4.78, 5) is 6.93. The van der Waals surface area contributed by atoms with Crippen LogP contribution in [0.15, 0.2) is 39.9 Å². The van der Waals surface area contributed by atoms with Crippen molar-refractivity contribution in [1.29, 1.82) is 0 Å². The molecule has 0 amide bonds. The number of nitrogens with zero attached hydrogens (tertiary/aromatic N) is 4. The molecule has 4 rings (SSSR count). The number of halogens is 1. The van der Waals surface area contributed by atoms with Gasteiger partial charge in [-0.3, -0.25) is 9.11 Å². The zero-order chi connectivity index (χ0) is 19.7. The monoisotopic (exact) mass is 458 g/mol. The maximum atomic E-state index is 10.6. The maximum Gasteiger partial charge on any atom is 0.205 e. The largest absolute Gasteiger partial charge is 0.505 e. The Hall–Kier alpha value is -1.40. The van der Waals surface area contributed by atoms with Gasteiger partial charge in [0.2, 0.25) is 5.13 Å². The van der Waals surface area contributed by atoms with Gasteiger partial charge in [0.1, 0.15) is 10.7 Å². The first-order valence-electron chi connectivity index (χ1n) is 8.54. The van der Waals surface area contributed by atoms with Gasteiger partial charge in [0.25, 0.3) is 0 Å². The van der Waals surface area contributed by atoms with Gasteiger partial charge in [-0.2, -0.15) is 8.68 Å². The third-order valence-corrected chi connectivity index (χ3v) is 8.45. The minimum Gasteiger partial charge on any atom is -0.505 e. The summed E-state index contributed by atoms with van der Waals surface area (Å²) in [6.07, 6.45) is 0.644. The van der Waals surface area contributed by atoms with Crippen molar-refractivity contribution in [2.45, 2.75) is 11.3 Å². The molecule has 7 nitrogen and oxygen atoms in total. The van der Waals surface area contributed by atoms with Gasteiger partial charge in [0, 0.05) is 59.9 Å². The van der Waals surface area contributed by atoms with E-state index in [1.54, 1.807) is 9.69 Å². The van der Waals surface area contributed by atoms with Gasteiger partial charge < -0.3 is 10.0 Å². The Kier molecular flexibility index (Phi) is 5.79. The van der Waals surface area contributed by atoms with Gasteiger partial charge in [-0.05, 0) is 17.7 Å². The van der Waals surface area contributed by atoms with E-state index in [1.807, 2.05) is 24.3 Å². The number of hydrogen-bond donors (Lipinski definition) is 3. The minimum atomic E-state index is -3.17. The summed E-state index contributed by atoms with van der Waals surface area (Å²) in [5, 5.41) is 14.5. The lowest BCUT2D eigenvalue weighted by Crippen LogP contribution is -2.47. The number of hydrogen-bond acceptors (Lipinski definition) is 9. The fourth-order valence-corrected chi connectivity index (χ4v) is 6.47. The highest BCUT2D eigenvalue weighted by Crippen LogP contribution is 2.56. The molecule has 0 saturated carbocycles. The average Bonchev–Trinajstić information content (AvgIpc) is 3.33. The van der Waals surface area contributed by atoms with Gasteiger partial charge in [-0.25, -0.2) is 4.98 Å². The Labute approximate surface area is 177 Å². The Balaban J connectivity index is 1.38. The van der Waals surface area contributed by atoms with Crippen molar-refractivity contribution in [3.8, 4) is 5.75 Å². The molecule has 0 bridgehead atoms. The highest BCUT2D eigenvalue weighted by molar-refractivity contribution is 8.22. The summed E-state index contributed by atoms with van der Waals surface area (Å²) < 4.78 is 27.2. The molecule has 0 atom stereocenters. The van der Waals surface area contributed by atoms with Crippen LogP contribution in [0.3, 0.4) is 0 Å². The summed E-state index contributed by atoms with van der Waals surface area (Å²) in [5.74, 6) is 0.695. The summed E-state index contributed by atoms with van der Waals surface area (Å²) >= 11 is 8.52. The molecular weight excluding hydrogens is 440 g/mol. The molecule has 0 spiro atoms. The van der Waals surface area contributed by atoms with Crippen LogP contribution in [0.1, 0.15) is 11.4 Å². The standard InChI is InChI=1S/C17H19ClN4O3S3/c18-13-3-1-12(2-4-13)9-16-19-17(27-20-16)21-5-7-22(8-6-21)28(24,25)15-11-26-10-14(15)23/h1-4,10-11,23-25H,5-9H2. The Morgan fingerprint density at radius 2 is 1.79 bits per heavy atom. The van der Waals surface area contributed by atoms with E-state index in [1.165, 1.54) is 28.2 Å². The molecule has 28 heavy (non-hydrogen) atoms. The van der Waals surface area contributed by atoms with Crippen LogP contribution in [0.4, 0.5) is 5.13 Å². The molecule has 3 heterocycles. The van der Waals surface area contributed by atoms with Crippen molar-refractivity contribution >= 4 is 50.4 Å². The fourth-order valence-electron chi connectivity index (χ4n) is 2.99. The maximum absolute atomic E-state index is 10.6. The zero-order valence-corrected chi connectivity index (χ0v) is 17.9.